The first-order valence-electron chi connectivity index (χ1n) is 5.21. The van der Waals surface area contributed by atoms with Crippen molar-refractivity contribution in [1.29, 1.82) is 0 Å². The van der Waals surface area contributed by atoms with Gasteiger partial charge in [-0.1, -0.05) is 19.1 Å². The fraction of sp³-hybridized carbons (Fsp3) is 0.500. The molecular weight excluding hydrogens is 177 g/mol. The van der Waals surface area contributed by atoms with Gasteiger partial charge in [-0.15, -0.1) is 0 Å². The fourth-order valence-electron chi connectivity index (χ4n) is 1.69. The van der Waals surface area contributed by atoms with Crippen LogP contribution in [0, 0.1) is 17.7 Å². The molecule has 1 aromatic carbocycles. The van der Waals surface area contributed by atoms with Gasteiger partial charge >= 0.3 is 0 Å². The van der Waals surface area contributed by atoms with E-state index in [1.807, 2.05) is 12.1 Å². The lowest BCUT2D eigenvalue weighted by Gasteiger charge is -2.03. The molecule has 1 fully saturated rings. The van der Waals surface area contributed by atoms with Crippen LogP contribution in [0.5, 0.6) is 0 Å². The highest BCUT2D eigenvalue weighted by atomic mass is 19.1. The van der Waals surface area contributed by atoms with Crippen molar-refractivity contribution in [3.05, 3.63) is 35.6 Å². The third kappa shape index (κ3) is 2.55. The quantitative estimate of drug-likeness (QED) is 0.775. The van der Waals surface area contributed by atoms with E-state index in [1.54, 1.807) is 0 Å². The lowest BCUT2D eigenvalue weighted by atomic mass is 10.2. The van der Waals surface area contributed by atoms with Crippen LogP contribution in [0.3, 0.4) is 0 Å². The molecule has 0 aliphatic heterocycles. The van der Waals surface area contributed by atoms with Gasteiger partial charge in [0.05, 0.1) is 0 Å². The molecule has 2 atom stereocenters. The number of rotatable bonds is 4. The normalized spacial score (nSPS) is 25.0. The minimum absolute atomic E-state index is 0.162. The average molecular weight is 193 g/mol. The minimum atomic E-state index is -0.162. The zero-order valence-corrected chi connectivity index (χ0v) is 8.46. The molecule has 76 valence electrons. The highest BCUT2D eigenvalue weighted by Crippen LogP contribution is 2.36. The van der Waals surface area contributed by atoms with Gasteiger partial charge in [-0.2, -0.15) is 0 Å². The summed E-state index contributed by atoms with van der Waals surface area (Å²) in [6.45, 7) is 4.23. The van der Waals surface area contributed by atoms with Gasteiger partial charge in [-0.05, 0) is 42.5 Å². The number of nitrogens with one attached hydrogen (secondary N) is 1. The lowest BCUT2D eigenvalue weighted by molar-refractivity contribution is 0.607. The second-order valence-electron chi connectivity index (χ2n) is 4.23. The summed E-state index contributed by atoms with van der Waals surface area (Å²) in [5, 5.41) is 3.39. The number of benzene rings is 1. The minimum Gasteiger partial charge on any atom is -0.312 e. The first-order valence-corrected chi connectivity index (χ1v) is 5.21. The molecule has 1 nitrogen and oxygen atoms in total. The molecule has 0 bridgehead atoms. The summed E-state index contributed by atoms with van der Waals surface area (Å²) in [6.07, 6.45) is 1.36. The molecule has 0 radical (unpaired) electrons. The highest BCUT2D eigenvalue weighted by Gasteiger charge is 2.31. The van der Waals surface area contributed by atoms with E-state index in [0.717, 1.165) is 30.5 Å². The SMILES string of the molecule is CC1CC1CNCc1ccc(F)cc1. The van der Waals surface area contributed by atoms with E-state index in [0.29, 0.717) is 0 Å². The molecule has 1 aliphatic rings. The maximum atomic E-state index is 12.6. The Bertz CT molecular complexity index is 294. The van der Waals surface area contributed by atoms with Gasteiger partial charge in [0.2, 0.25) is 0 Å². The Kier molecular flexibility index (Phi) is 2.82. The standard InChI is InChI=1S/C12H16FN/c1-9-6-11(9)8-14-7-10-2-4-12(13)5-3-10/h2-5,9,11,14H,6-8H2,1H3. The van der Waals surface area contributed by atoms with Crippen molar-refractivity contribution in [2.75, 3.05) is 6.54 Å². The number of hydrogen-bond acceptors (Lipinski definition) is 1. The predicted molar refractivity (Wildman–Crippen MR) is 55.4 cm³/mol. The zero-order valence-electron chi connectivity index (χ0n) is 8.46. The van der Waals surface area contributed by atoms with Crippen LogP contribution in [0.4, 0.5) is 4.39 Å². The van der Waals surface area contributed by atoms with Crippen molar-refractivity contribution in [3.8, 4) is 0 Å². The van der Waals surface area contributed by atoms with Gasteiger partial charge in [0.25, 0.3) is 0 Å². The second-order valence-corrected chi connectivity index (χ2v) is 4.23. The average Bonchev–Trinajstić information content (AvgIpc) is 2.86. The van der Waals surface area contributed by atoms with Crippen molar-refractivity contribution in [3.63, 3.8) is 0 Å². The van der Waals surface area contributed by atoms with Crippen molar-refractivity contribution in [2.24, 2.45) is 11.8 Å². The summed E-state index contributed by atoms with van der Waals surface area (Å²) < 4.78 is 12.6. The lowest BCUT2D eigenvalue weighted by Crippen LogP contribution is -2.16. The molecule has 0 amide bonds. The van der Waals surface area contributed by atoms with E-state index in [1.165, 1.54) is 18.6 Å². The molecule has 1 aromatic rings. The molecule has 0 spiro atoms. The Balaban J connectivity index is 1.72. The van der Waals surface area contributed by atoms with Crippen LogP contribution in [-0.2, 0) is 6.54 Å². The topological polar surface area (TPSA) is 12.0 Å². The van der Waals surface area contributed by atoms with Crippen LogP contribution in [-0.4, -0.2) is 6.54 Å². The van der Waals surface area contributed by atoms with Gasteiger partial charge in [0.15, 0.2) is 0 Å². The van der Waals surface area contributed by atoms with E-state index in [9.17, 15) is 4.39 Å². The Morgan fingerprint density at radius 3 is 2.57 bits per heavy atom. The first kappa shape index (κ1) is 9.66. The van der Waals surface area contributed by atoms with E-state index in [4.69, 9.17) is 0 Å². The van der Waals surface area contributed by atoms with E-state index in [-0.39, 0.29) is 5.82 Å². The number of halogens is 1. The fourth-order valence-corrected chi connectivity index (χ4v) is 1.69. The van der Waals surface area contributed by atoms with Crippen LogP contribution in [0.15, 0.2) is 24.3 Å². The van der Waals surface area contributed by atoms with Crippen LogP contribution < -0.4 is 5.32 Å². The van der Waals surface area contributed by atoms with Crippen molar-refractivity contribution >= 4 is 0 Å². The summed E-state index contributed by atoms with van der Waals surface area (Å²) in [5.41, 5.74) is 1.15. The van der Waals surface area contributed by atoms with E-state index >= 15 is 0 Å². The largest absolute Gasteiger partial charge is 0.312 e. The van der Waals surface area contributed by atoms with Crippen LogP contribution >= 0.6 is 0 Å². The van der Waals surface area contributed by atoms with Crippen LogP contribution in [0.1, 0.15) is 18.9 Å². The molecule has 2 unspecified atom stereocenters. The van der Waals surface area contributed by atoms with Crippen LogP contribution in [0.25, 0.3) is 0 Å². The molecule has 1 N–H and O–H groups in total. The molecular formula is C12H16FN. The maximum Gasteiger partial charge on any atom is 0.123 e. The molecule has 0 saturated heterocycles. The third-order valence-corrected chi connectivity index (χ3v) is 2.93. The Morgan fingerprint density at radius 1 is 1.36 bits per heavy atom. The van der Waals surface area contributed by atoms with Crippen molar-refractivity contribution in [2.45, 2.75) is 19.9 Å². The summed E-state index contributed by atoms with van der Waals surface area (Å²) >= 11 is 0. The molecule has 0 aromatic heterocycles. The molecule has 2 rings (SSSR count). The predicted octanol–water partition coefficient (Wildman–Crippen LogP) is 2.57. The smallest absolute Gasteiger partial charge is 0.123 e. The van der Waals surface area contributed by atoms with Gasteiger partial charge in [0, 0.05) is 6.54 Å². The Labute approximate surface area is 84.3 Å². The molecule has 1 aliphatic carbocycles. The first-order chi connectivity index (χ1) is 6.75. The molecule has 2 heteroatoms. The Hall–Kier alpha value is -0.890. The third-order valence-electron chi connectivity index (χ3n) is 2.93. The molecule has 14 heavy (non-hydrogen) atoms. The highest BCUT2D eigenvalue weighted by molar-refractivity contribution is 5.15. The van der Waals surface area contributed by atoms with Gasteiger partial charge in [0.1, 0.15) is 5.82 Å². The van der Waals surface area contributed by atoms with Crippen molar-refractivity contribution < 1.29 is 4.39 Å². The van der Waals surface area contributed by atoms with Gasteiger partial charge < -0.3 is 5.32 Å². The summed E-state index contributed by atoms with van der Waals surface area (Å²) in [4.78, 5) is 0. The summed E-state index contributed by atoms with van der Waals surface area (Å²) in [5.74, 6) is 1.61. The van der Waals surface area contributed by atoms with Gasteiger partial charge in [-0.3, -0.25) is 0 Å². The molecule has 1 saturated carbocycles. The maximum absolute atomic E-state index is 12.6. The molecule has 0 heterocycles. The Morgan fingerprint density at radius 2 is 2.00 bits per heavy atom. The van der Waals surface area contributed by atoms with E-state index in [2.05, 4.69) is 12.2 Å². The number of hydrogen-bond donors (Lipinski definition) is 1. The second kappa shape index (κ2) is 4.09. The van der Waals surface area contributed by atoms with E-state index < -0.39 is 0 Å². The monoisotopic (exact) mass is 193 g/mol. The van der Waals surface area contributed by atoms with Crippen LogP contribution in [0.2, 0.25) is 0 Å². The summed E-state index contributed by atoms with van der Waals surface area (Å²) in [6, 6.07) is 6.69. The van der Waals surface area contributed by atoms with Crippen molar-refractivity contribution in [1.82, 2.24) is 5.32 Å². The zero-order chi connectivity index (χ0) is 9.97. The summed E-state index contributed by atoms with van der Waals surface area (Å²) in [7, 11) is 0. The van der Waals surface area contributed by atoms with Gasteiger partial charge in [-0.25, -0.2) is 4.39 Å².